The molecular formula is C12H21N3O2. The molecule has 0 aliphatic heterocycles. The summed E-state index contributed by atoms with van der Waals surface area (Å²) in [6.07, 6.45) is 3.17. The monoisotopic (exact) mass is 239 g/mol. The van der Waals surface area contributed by atoms with Gasteiger partial charge in [-0.1, -0.05) is 6.42 Å². The van der Waals surface area contributed by atoms with Crippen molar-refractivity contribution in [2.24, 2.45) is 11.7 Å². The fraction of sp³-hybridized carbons (Fsp3) is 0.833. The Morgan fingerprint density at radius 3 is 2.82 bits per heavy atom. The smallest absolute Gasteiger partial charge is 0.227 e. The molecule has 1 fully saturated rings. The maximum Gasteiger partial charge on any atom is 0.227 e. The predicted octanol–water partition coefficient (Wildman–Crippen LogP) is 0.502. The first-order chi connectivity index (χ1) is 8.20. The molecule has 2 N–H and O–H groups in total. The molecule has 1 aliphatic carbocycles. The Bertz CT molecular complexity index is 288. The van der Waals surface area contributed by atoms with Crippen molar-refractivity contribution in [2.75, 3.05) is 26.8 Å². The summed E-state index contributed by atoms with van der Waals surface area (Å²) in [7, 11) is 1.61. The molecular weight excluding hydrogens is 218 g/mol. The summed E-state index contributed by atoms with van der Waals surface area (Å²) in [5.74, 6) is 0.0212. The summed E-state index contributed by atoms with van der Waals surface area (Å²) >= 11 is 0. The second kappa shape index (κ2) is 7.25. The van der Waals surface area contributed by atoms with Crippen LogP contribution in [0, 0.1) is 17.2 Å². The van der Waals surface area contributed by atoms with Crippen LogP contribution < -0.4 is 5.73 Å². The van der Waals surface area contributed by atoms with Crippen LogP contribution in [0.3, 0.4) is 0 Å². The van der Waals surface area contributed by atoms with E-state index in [4.69, 9.17) is 15.7 Å². The van der Waals surface area contributed by atoms with Crippen molar-refractivity contribution in [3.63, 3.8) is 0 Å². The fourth-order valence-electron chi connectivity index (χ4n) is 2.25. The van der Waals surface area contributed by atoms with E-state index in [9.17, 15) is 4.79 Å². The number of carbonyl (C=O) groups is 1. The van der Waals surface area contributed by atoms with E-state index in [0.717, 1.165) is 19.3 Å². The minimum atomic E-state index is -0.0643. The highest BCUT2D eigenvalue weighted by atomic mass is 16.5. The Morgan fingerprint density at radius 2 is 2.29 bits per heavy atom. The molecule has 0 spiro atoms. The molecule has 0 bridgehead atoms. The highest BCUT2D eigenvalue weighted by Crippen LogP contribution is 2.25. The van der Waals surface area contributed by atoms with E-state index in [1.54, 1.807) is 12.0 Å². The third-order valence-corrected chi connectivity index (χ3v) is 3.26. The van der Waals surface area contributed by atoms with Crippen molar-refractivity contribution in [3.05, 3.63) is 0 Å². The van der Waals surface area contributed by atoms with Crippen molar-refractivity contribution in [2.45, 2.75) is 31.7 Å². The summed E-state index contributed by atoms with van der Waals surface area (Å²) in [4.78, 5) is 14.0. The Labute approximate surface area is 103 Å². The largest absolute Gasteiger partial charge is 0.383 e. The van der Waals surface area contributed by atoms with E-state index in [1.807, 2.05) is 0 Å². The van der Waals surface area contributed by atoms with E-state index in [0.29, 0.717) is 26.1 Å². The molecule has 1 rings (SSSR count). The van der Waals surface area contributed by atoms with Crippen molar-refractivity contribution >= 4 is 5.91 Å². The number of rotatable bonds is 6. The van der Waals surface area contributed by atoms with Crippen LogP contribution in [-0.4, -0.2) is 43.7 Å². The minimum absolute atomic E-state index is 0.0189. The molecule has 0 radical (unpaired) electrons. The van der Waals surface area contributed by atoms with Crippen LogP contribution >= 0.6 is 0 Å². The Kier molecular flexibility index (Phi) is 5.95. The van der Waals surface area contributed by atoms with Gasteiger partial charge >= 0.3 is 0 Å². The zero-order valence-electron chi connectivity index (χ0n) is 10.4. The molecule has 96 valence electrons. The average Bonchev–Trinajstić information content (AvgIpc) is 2.75. The van der Waals surface area contributed by atoms with Crippen LogP contribution in [0.25, 0.3) is 0 Å². The second-order valence-electron chi connectivity index (χ2n) is 4.43. The van der Waals surface area contributed by atoms with Gasteiger partial charge < -0.3 is 15.4 Å². The molecule has 0 aromatic carbocycles. The average molecular weight is 239 g/mol. The lowest BCUT2D eigenvalue weighted by Gasteiger charge is -2.26. The lowest BCUT2D eigenvalue weighted by molar-refractivity contribution is -0.136. The Hall–Kier alpha value is -1.12. The van der Waals surface area contributed by atoms with Crippen LogP contribution in [0.4, 0.5) is 0 Å². The molecule has 0 aromatic heterocycles. The van der Waals surface area contributed by atoms with Gasteiger partial charge in [-0.25, -0.2) is 0 Å². The number of ether oxygens (including phenoxy) is 1. The Balaban J connectivity index is 2.54. The summed E-state index contributed by atoms with van der Waals surface area (Å²) in [6.45, 7) is 1.52. The van der Waals surface area contributed by atoms with Gasteiger partial charge in [0, 0.05) is 26.2 Å². The molecule has 0 saturated heterocycles. The maximum atomic E-state index is 12.2. The number of methoxy groups -OCH3 is 1. The zero-order valence-corrected chi connectivity index (χ0v) is 10.4. The lowest BCUT2D eigenvalue weighted by Crippen LogP contribution is -2.43. The van der Waals surface area contributed by atoms with Gasteiger partial charge in [-0.2, -0.15) is 5.26 Å². The van der Waals surface area contributed by atoms with Gasteiger partial charge in [0.05, 0.1) is 25.0 Å². The second-order valence-corrected chi connectivity index (χ2v) is 4.43. The summed E-state index contributed by atoms with van der Waals surface area (Å²) in [5.41, 5.74) is 5.93. The molecule has 1 saturated carbocycles. The first-order valence-corrected chi connectivity index (χ1v) is 6.11. The van der Waals surface area contributed by atoms with E-state index in [2.05, 4.69) is 6.07 Å². The lowest BCUT2D eigenvalue weighted by atomic mass is 10.0. The number of hydrogen-bond acceptors (Lipinski definition) is 4. The van der Waals surface area contributed by atoms with E-state index >= 15 is 0 Å². The summed E-state index contributed by atoms with van der Waals surface area (Å²) in [6, 6.07) is 2.05. The quantitative estimate of drug-likeness (QED) is 0.732. The van der Waals surface area contributed by atoms with Crippen molar-refractivity contribution in [1.29, 1.82) is 5.26 Å². The molecule has 5 heteroatoms. The van der Waals surface area contributed by atoms with Crippen molar-refractivity contribution in [1.82, 2.24) is 4.90 Å². The van der Waals surface area contributed by atoms with Crippen LogP contribution in [0.2, 0.25) is 0 Å². The minimum Gasteiger partial charge on any atom is -0.383 e. The third-order valence-electron chi connectivity index (χ3n) is 3.26. The molecule has 1 aliphatic rings. The number of carbonyl (C=O) groups excluding carboxylic acids is 1. The normalized spacial score (nSPS) is 23.4. The van der Waals surface area contributed by atoms with Gasteiger partial charge in [-0.3, -0.25) is 4.79 Å². The number of nitrogens with zero attached hydrogens (tertiary/aromatic N) is 2. The number of hydrogen-bond donors (Lipinski definition) is 1. The van der Waals surface area contributed by atoms with Gasteiger partial charge in [0.25, 0.3) is 0 Å². The third kappa shape index (κ3) is 3.99. The first-order valence-electron chi connectivity index (χ1n) is 6.11. The van der Waals surface area contributed by atoms with Gasteiger partial charge in [-0.05, 0) is 12.8 Å². The SMILES string of the molecule is COCCN(CCC#N)C(=O)C1CCCC1N. The maximum absolute atomic E-state index is 12.2. The number of nitrogens with two attached hydrogens (primary N) is 1. The van der Waals surface area contributed by atoms with Gasteiger partial charge in [0.2, 0.25) is 5.91 Å². The van der Waals surface area contributed by atoms with E-state index in [1.165, 1.54) is 0 Å². The molecule has 2 atom stereocenters. The van der Waals surface area contributed by atoms with E-state index in [-0.39, 0.29) is 17.9 Å². The van der Waals surface area contributed by atoms with Crippen LogP contribution in [-0.2, 0) is 9.53 Å². The standard InChI is InChI=1S/C12H21N3O2/c1-17-9-8-15(7-3-6-13)12(16)10-4-2-5-11(10)14/h10-11H,2-5,7-9,14H2,1H3. The summed E-state index contributed by atoms with van der Waals surface area (Å²) < 4.78 is 4.98. The van der Waals surface area contributed by atoms with Crippen molar-refractivity contribution in [3.8, 4) is 6.07 Å². The molecule has 1 amide bonds. The fourth-order valence-corrected chi connectivity index (χ4v) is 2.25. The molecule has 17 heavy (non-hydrogen) atoms. The summed E-state index contributed by atoms with van der Waals surface area (Å²) in [5, 5.41) is 8.60. The van der Waals surface area contributed by atoms with Crippen LogP contribution in [0.15, 0.2) is 0 Å². The number of nitriles is 1. The predicted molar refractivity (Wildman–Crippen MR) is 64.0 cm³/mol. The van der Waals surface area contributed by atoms with Crippen LogP contribution in [0.5, 0.6) is 0 Å². The molecule has 0 heterocycles. The van der Waals surface area contributed by atoms with Crippen LogP contribution in [0.1, 0.15) is 25.7 Å². The van der Waals surface area contributed by atoms with Crippen molar-refractivity contribution < 1.29 is 9.53 Å². The topological polar surface area (TPSA) is 79.3 Å². The molecule has 2 unspecified atom stereocenters. The highest BCUT2D eigenvalue weighted by Gasteiger charge is 2.32. The van der Waals surface area contributed by atoms with Gasteiger partial charge in [0.15, 0.2) is 0 Å². The number of amides is 1. The molecule has 0 aromatic rings. The van der Waals surface area contributed by atoms with E-state index < -0.39 is 0 Å². The molecule has 5 nitrogen and oxygen atoms in total. The Morgan fingerprint density at radius 1 is 1.53 bits per heavy atom. The van der Waals surface area contributed by atoms with Gasteiger partial charge in [-0.15, -0.1) is 0 Å². The van der Waals surface area contributed by atoms with Gasteiger partial charge in [0.1, 0.15) is 0 Å². The zero-order chi connectivity index (χ0) is 12.7. The first kappa shape index (κ1) is 13.9. The highest BCUT2D eigenvalue weighted by molar-refractivity contribution is 5.80.